The number of nitrogens with one attached hydrogen (secondary N) is 1. The SMILES string of the molecule is N#Cc1cnn(-c2ccc3ccccc3n2)c1NC(=O)/C=C/c1ccco1. The molecule has 1 aromatic carbocycles. The number of benzene rings is 1. The third kappa shape index (κ3) is 3.32. The van der Waals surface area contributed by atoms with Crippen LogP contribution < -0.4 is 5.32 Å². The van der Waals surface area contributed by atoms with Gasteiger partial charge in [-0.3, -0.25) is 4.79 Å². The standard InChI is InChI=1S/C20H13N5O2/c21-12-15-13-22-25(18-9-7-14-4-1-2-6-17(14)23-18)20(15)24-19(26)10-8-16-5-3-11-27-16/h1-11,13H,(H,24,26)/b10-8+. The smallest absolute Gasteiger partial charge is 0.249 e. The van der Waals surface area contributed by atoms with Crippen LogP contribution in [0.1, 0.15) is 11.3 Å². The molecule has 0 aliphatic carbocycles. The first kappa shape index (κ1) is 16.3. The second-order valence-electron chi connectivity index (χ2n) is 5.63. The predicted octanol–water partition coefficient (Wildman–Crippen LogP) is 3.54. The molecule has 0 saturated heterocycles. The lowest BCUT2D eigenvalue weighted by Gasteiger charge is -2.08. The third-order valence-electron chi connectivity index (χ3n) is 3.87. The van der Waals surface area contributed by atoms with Crippen LogP contribution in [0.25, 0.3) is 22.8 Å². The lowest BCUT2D eigenvalue weighted by Crippen LogP contribution is -2.14. The van der Waals surface area contributed by atoms with Crippen molar-refractivity contribution in [3.63, 3.8) is 0 Å². The van der Waals surface area contributed by atoms with Gasteiger partial charge in [0.05, 0.1) is 18.0 Å². The van der Waals surface area contributed by atoms with E-state index in [1.807, 2.05) is 36.4 Å². The number of fused-ring (bicyclic) bond motifs is 1. The molecule has 4 aromatic rings. The molecule has 0 aliphatic rings. The van der Waals surface area contributed by atoms with Gasteiger partial charge in [-0.05, 0) is 36.4 Å². The lowest BCUT2D eigenvalue weighted by atomic mass is 10.2. The second kappa shape index (κ2) is 6.98. The molecule has 0 spiro atoms. The Morgan fingerprint density at radius 3 is 2.89 bits per heavy atom. The van der Waals surface area contributed by atoms with Gasteiger partial charge in [-0.15, -0.1) is 0 Å². The van der Waals surface area contributed by atoms with Gasteiger partial charge in [-0.1, -0.05) is 18.2 Å². The molecule has 0 atom stereocenters. The van der Waals surface area contributed by atoms with E-state index < -0.39 is 5.91 Å². The zero-order valence-electron chi connectivity index (χ0n) is 14.0. The van der Waals surface area contributed by atoms with Gasteiger partial charge in [0.25, 0.3) is 0 Å². The Kier molecular flexibility index (Phi) is 4.21. The van der Waals surface area contributed by atoms with Gasteiger partial charge in [0.2, 0.25) is 5.91 Å². The number of carbonyl (C=O) groups is 1. The predicted molar refractivity (Wildman–Crippen MR) is 100.0 cm³/mol. The van der Waals surface area contributed by atoms with Gasteiger partial charge in [0, 0.05) is 11.5 Å². The molecular weight excluding hydrogens is 342 g/mol. The minimum Gasteiger partial charge on any atom is -0.465 e. The largest absolute Gasteiger partial charge is 0.465 e. The first-order valence-electron chi connectivity index (χ1n) is 8.11. The van der Waals surface area contributed by atoms with E-state index >= 15 is 0 Å². The third-order valence-corrected chi connectivity index (χ3v) is 3.87. The summed E-state index contributed by atoms with van der Waals surface area (Å²) in [4.78, 5) is 16.8. The van der Waals surface area contributed by atoms with E-state index in [1.54, 1.807) is 18.2 Å². The second-order valence-corrected chi connectivity index (χ2v) is 5.63. The highest BCUT2D eigenvalue weighted by atomic mass is 16.3. The number of aromatic nitrogens is 3. The van der Waals surface area contributed by atoms with Crippen LogP contribution in [-0.2, 0) is 4.79 Å². The quantitative estimate of drug-likeness (QED) is 0.565. The Labute approximate surface area is 154 Å². The minimum atomic E-state index is -0.412. The monoisotopic (exact) mass is 355 g/mol. The molecule has 27 heavy (non-hydrogen) atoms. The van der Waals surface area contributed by atoms with Crippen molar-refractivity contribution in [1.29, 1.82) is 5.26 Å². The van der Waals surface area contributed by atoms with Gasteiger partial charge in [-0.2, -0.15) is 15.0 Å². The number of nitrogens with zero attached hydrogens (tertiary/aromatic N) is 4. The Hall–Kier alpha value is -4.18. The van der Waals surface area contributed by atoms with Crippen molar-refractivity contribution in [1.82, 2.24) is 14.8 Å². The highest BCUT2D eigenvalue weighted by Crippen LogP contribution is 2.21. The van der Waals surface area contributed by atoms with Gasteiger partial charge in [-0.25, -0.2) is 4.98 Å². The maximum Gasteiger partial charge on any atom is 0.249 e. The zero-order valence-corrected chi connectivity index (χ0v) is 14.0. The minimum absolute atomic E-state index is 0.240. The van der Waals surface area contributed by atoms with Gasteiger partial charge >= 0.3 is 0 Å². The van der Waals surface area contributed by atoms with Gasteiger partial charge in [0.15, 0.2) is 11.6 Å². The summed E-state index contributed by atoms with van der Waals surface area (Å²) in [6.45, 7) is 0. The van der Waals surface area contributed by atoms with E-state index in [4.69, 9.17) is 4.42 Å². The molecule has 7 nitrogen and oxygen atoms in total. The van der Waals surface area contributed by atoms with Crippen molar-refractivity contribution in [3.05, 3.63) is 78.4 Å². The first-order valence-corrected chi connectivity index (χ1v) is 8.11. The fourth-order valence-electron chi connectivity index (χ4n) is 2.60. The van der Waals surface area contributed by atoms with Crippen LogP contribution in [0, 0.1) is 11.3 Å². The maximum absolute atomic E-state index is 12.3. The number of nitriles is 1. The highest BCUT2D eigenvalue weighted by molar-refractivity contribution is 6.02. The number of hydrogen-bond acceptors (Lipinski definition) is 5. The van der Waals surface area contributed by atoms with Crippen molar-refractivity contribution >= 4 is 28.7 Å². The molecule has 0 bridgehead atoms. The fraction of sp³-hybridized carbons (Fsp3) is 0. The molecule has 1 N–H and O–H groups in total. The van der Waals surface area contributed by atoms with E-state index in [1.165, 1.54) is 29.3 Å². The number of pyridine rings is 1. The number of carbonyl (C=O) groups excluding carboxylic acids is 1. The number of furan rings is 1. The van der Waals surface area contributed by atoms with Crippen LogP contribution in [-0.4, -0.2) is 20.7 Å². The summed E-state index contributed by atoms with van der Waals surface area (Å²) in [6, 6.07) is 16.9. The van der Waals surface area contributed by atoms with Crippen molar-refractivity contribution in [2.75, 3.05) is 5.32 Å². The summed E-state index contributed by atoms with van der Waals surface area (Å²) in [5.41, 5.74) is 1.03. The summed E-state index contributed by atoms with van der Waals surface area (Å²) in [7, 11) is 0. The molecule has 4 rings (SSSR count). The van der Waals surface area contributed by atoms with Crippen molar-refractivity contribution in [2.24, 2.45) is 0 Å². The van der Waals surface area contributed by atoms with Crippen molar-refractivity contribution in [2.45, 2.75) is 0 Å². The van der Waals surface area contributed by atoms with Crippen LogP contribution in [0.15, 0.2) is 71.5 Å². The number of amides is 1. The van der Waals surface area contributed by atoms with Crippen LogP contribution in [0.3, 0.4) is 0 Å². The molecule has 7 heteroatoms. The molecule has 0 unspecified atom stereocenters. The van der Waals surface area contributed by atoms with E-state index in [0.29, 0.717) is 11.6 Å². The summed E-state index contributed by atoms with van der Waals surface area (Å²) < 4.78 is 6.59. The van der Waals surface area contributed by atoms with E-state index in [-0.39, 0.29) is 11.4 Å². The summed E-state index contributed by atoms with van der Waals surface area (Å²) >= 11 is 0. The normalized spacial score (nSPS) is 10.9. The molecular formula is C20H13N5O2. The number of para-hydroxylation sites is 1. The Balaban J connectivity index is 1.67. The average molecular weight is 355 g/mol. The van der Waals surface area contributed by atoms with Crippen molar-refractivity contribution in [3.8, 4) is 11.9 Å². The topological polar surface area (TPSA) is 96.7 Å². The molecule has 0 aliphatic heterocycles. The average Bonchev–Trinajstić information content (AvgIpc) is 3.35. The van der Waals surface area contributed by atoms with Crippen molar-refractivity contribution < 1.29 is 9.21 Å². The molecule has 3 aromatic heterocycles. The van der Waals surface area contributed by atoms with Crippen LogP contribution in [0.4, 0.5) is 5.82 Å². The van der Waals surface area contributed by atoms with E-state index in [9.17, 15) is 10.1 Å². The van der Waals surface area contributed by atoms with Gasteiger partial charge < -0.3 is 9.73 Å². The maximum atomic E-state index is 12.3. The van der Waals surface area contributed by atoms with E-state index in [2.05, 4.69) is 15.4 Å². The van der Waals surface area contributed by atoms with Crippen LogP contribution in [0.5, 0.6) is 0 Å². The summed E-state index contributed by atoms with van der Waals surface area (Å²) in [5, 5.41) is 17.2. The van der Waals surface area contributed by atoms with E-state index in [0.717, 1.165) is 10.9 Å². The Morgan fingerprint density at radius 1 is 1.19 bits per heavy atom. The number of rotatable bonds is 4. The molecule has 0 saturated carbocycles. The first-order chi connectivity index (χ1) is 13.2. The Bertz CT molecular complexity index is 1180. The molecule has 0 fully saturated rings. The Morgan fingerprint density at radius 2 is 2.07 bits per heavy atom. The van der Waals surface area contributed by atoms with Gasteiger partial charge in [0.1, 0.15) is 17.4 Å². The fourth-order valence-corrected chi connectivity index (χ4v) is 2.60. The molecule has 130 valence electrons. The lowest BCUT2D eigenvalue weighted by molar-refractivity contribution is -0.111. The summed E-state index contributed by atoms with van der Waals surface area (Å²) in [6.07, 6.45) is 5.77. The molecule has 1 amide bonds. The molecule has 0 radical (unpaired) electrons. The molecule has 3 heterocycles. The number of hydrogen-bond donors (Lipinski definition) is 1. The summed E-state index contributed by atoms with van der Waals surface area (Å²) in [5.74, 6) is 0.899. The highest BCUT2D eigenvalue weighted by Gasteiger charge is 2.15. The number of anilines is 1. The van der Waals surface area contributed by atoms with Crippen LogP contribution >= 0.6 is 0 Å². The zero-order chi connectivity index (χ0) is 18.6. The van der Waals surface area contributed by atoms with Crippen LogP contribution in [0.2, 0.25) is 0 Å².